The molecule has 0 unspecified atom stereocenters. The fourth-order valence-electron chi connectivity index (χ4n) is 4.44. The number of nitrogens with one attached hydrogen (secondary N) is 1. The molecule has 29 heavy (non-hydrogen) atoms. The molecule has 1 N–H and O–H groups in total. The molecule has 0 radical (unpaired) electrons. The van der Waals surface area contributed by atoms with Crippen molar-refractivity contribution < 1.29 is 23.9 Å². The van der Waals surface area contributed by atoms with Gasteiger partial charge in [0.25, 0.3) is 5.91 Å². The lowest BCUT2D eigenvalue weighted by Crippen LogP contribution is -2.54. The van der Waals surface area contributed by atoms with E-state index in [-0.39, 0.29) is 24.3 Å². The monoisotopic (exact) mass is 401 g/mol. The minimum absolute atomic E-state index is 0.0724. The van der Waals surface area contributed by atoms with Gasteiger partial charge in [0.2, 0.25) is 5.91 Å². The van der Waals surface area contributed by atoms with E-state index < -0.39 is 11.6 Å². The second-order valence-electron chi connectivity index (χ2n) is 8.17. The zero-order valence-electron chi connectivity index (χ0n) is 16.9. The van der Waals surface area contributed by atoms with Gasteiger partial charge in [0.15, 0.2) is 11.5 Å². The Morgan fingerprint density at radius 1 is 1.24 bits per heavy atom. The fourth-order valence-corrected chi connectivity index (χ4v) is 4.44. The first kappa shape index (κ1) is 19.5. The van der Waals surface area contributed by atoms with Crippen molar-refractivity contribution >= 4 is 17.8 Å². The van der Waals surface area contributed by atoms with Crippen molar-refractivity contribution in [1.82, 2.24) is 15.1 Å². The predicted octanol–water partition coefficient (Wildman–Crippen LogP) is 1.92. The van der Waals surface area contributed by atoms with Gasteiger partial charge < -0.3 is 19.7 Å². The maximum atomic E-state index is 13.0. The van der Waals surface area contributed by atoms with Gasteiger partial charge in [-0.1, -0.05) is 25.8 Å². The highest BCUT2D eigenvalue weighted by molar-refractivity contribution is 6.09. The van der Waals surface area contributed by atoms with Gasteiger partial charge >= 0.3 is 6.03 Å². The maximum Gasteiger partial charge on any atom is 0.325 e. The molecule has 3 aliphatic rings. The molecule has 1 spiro atoms. The first-order valence-corrected chi connectivity index (χ1v) is 10.2. The lowest BCUT2D eigenvalue weighted by atomic mass is 9.73. The van der Waals surface area contributed by atoms with Crippen LogP contribution in [0.5, 0.6) is 11.5 Å². The number of rotatable bonds is 4. The van der Waals surface area contributed by atoms with Crippen LogP contribution in [0, 0.1) is 5.92 Å². The van der Waals surface area contributed by atoms with E-state index in [1.807, 2.05) is 25.1 Å². The van der Waals surface area contributed by atoms with E-state index in [0.29, 0.717) is 37.7 Å². The van der Waals surface area contributed by atoms with E-state index in [1.165, 1.54) is 4.90 Å². The molecule has 1 aliphatic carbocycles. The van der Waals surface area contributed by atoms with Gasteiger partial charge in [-0.3, -0.25) is 14.5 Å². The summed E-state index contributed by atoms with van der Waals surface area (Å²) in [6.07, 6.45) is 3.50. The summed E-state index contributed by atoms with van der Waals surface area (Å²) in [5.41, 5.74) is 0.0453. The van der Waals surface area contributed by atoms with Crippen LogP contribution in [-0.2, 0) is 16.1 Å². The normalized spacial score (nSPS) is 25.9. The van der Waals surface area contributed by atoms with E-state index in [4.69, 9.17) is 9.47 Å². The first-order chi connectivity index (χ1) is 13.9. The van der Waals surface area contributed by atoms with Crippen LogP contribution in [0.4, 0.5) is 4.79 Å². The number of imide groups is 1. The topological polar surface area (TPSA) is 88.2 Å². The van der Waals surface area contributed by atoms with Crippen LogP contribution >= 0.6 is 0 Å². The molecule has 4 amide bonds. The van der Waals surface area contributed by atoms with Gasteiger partial charge in [-0.2, -0.15) is 0 Å². The van der Waals surface area contributed by atoms with E-state index >= 15 is 0 Å². The van der Waals surface area contributed by atoms with Gasteiger partial charge in [0, 0.05) is 13.6 Å². The van der Waals surface area contributed by atoms with E-state index in [2.05, 4.69) is 5.32 Å². The average molecular weight is 401 g/mol. The summed E-state index contributed by atoms with van der Waals surface area (Å²) in [4.78, 5) is 40.8. The Morgan fingerprint density at radius 3 is 2.76 bits per heavy atom. The van der Waals surface area contributed by atoms with Gasteiger partial charge in [-0.25, -0.2) is 4.79 Å². The third-order valence-electron chi connectivity index (χ3n) is 6.25. The molecule has 156 valence electrons. The van der Waals surface area contributed by atoms with Crippen LogP contribution in [0.1, 0.15) is 38.2 Å². The Morgan fingerprint density at radius 2 is 2.00 bits per heavy atom. The van der Waals surface area contributed by atoms with Crippen molar-refractivity contribution in [3.63, 3.8) is 0 Å². The molecule has 2 aliphatic heterocycles. The van der Waals surface area contributed by atoms with Gasteiger partial charge in [-0.05, 0) is 36.5 Å². The zero-order chi connectivity index (χ0) is 20.6. The smallest absolute Gasteiger partial charge is 0.325 e. The van der Waals surface area contributed by atoms with Crippen molar-refractivity contribution in [3.05, 3.63) is 23.8 Å². The van der Waals surface area contributed by atoms with E-state index in [0.717, 1.165) is 29.7 Å². The minimum atomic E-state index is -0.843. The van der Waals surface area contributed by atoms with Crippen molar-refractivity contribution in [3.8, 4) is 11.5 Å². The molecular formula is C21H27N3O5. The molecule has 2 fully saturated rings. The average Bonchev–Trinajstić information content (AvgIpc) is 2.95. The molecule has 2 heterocycles. The highest BCUT2D eigenvalue weighted by Crippen LogP contribution is 2.38. The maximum absolute atomic E-state index is 13.0. The van der Waals surface area contributed by atoms with Crippen molar-refractivity contribution in [1.29, 1.82) is 0 Å². The SMILES string of the molecule is C[C@H]1CCCC[C@@]12NC(=O)N(CC(=O)N(C)Cc1ccc3c(c1)OCCO3)C2=O. The third-order valence-corrected chi connectivity index (χ3v) is 6.25. The highest BCUT2D eigenvalue weighted by atomic mass is 16.6. The molecule has 1 aromatic carbocycles. The summed E-state index contributed by atoms with van der Waals surface area (Å²) in [5.74, 6) is 0.875. The van der Waals surface area contributed by atoms with Gasteiger partial charge in [0.1, 0.15) is 25.3 Å². The standard InChI is InChI=1S/C21H27N3O5/c1-14-5-3-4-8-21(14)19(26)24(20(27)22-21)13-18(25)23(2)12-15-6-7-16-17(11-15)29-10-9-28-16/h6-7,11,14H,3-5,8-10,12-13H2,1-2H3,(H,22,27)/t14-,21+/m0/s1. The Kier molecular flexibility index (Phi) is 5.10. The fraction of sp³-hybridized carbons (Fsp3) is 0.571. The van der Waals surface area contributed by atoms with E-state index in [9.17, 15) is 14.4 Å². The zero-order valence-corrected chi connectivity index (χ0v) is 16.9. The van der Waals surface area contributed by atoms with Gasteiger partial charge in [0.05, 0.1) is 0 Å². The number of hydrogen-bond donors (Lipinski definition) is 1. The van der Waals surface area contributed by atoms with Crippen molar-refractivity contribution in [2.24, 2.45) is 5.92 Å². The largest absolute Gasteiger partial charge is 0.486 e. The number of hydrogen-bond acceptors (Lipinski definition) is 5. The molecule has 4 rings (SSSR count). The molecule has 0 aromatic heterocycles. The van der Waals surface area contributed by atoms with Crippen LogP contribution in [0.3, 0.4) is 0 Å². The number of ether oxygens (including phenoxy) is 2. The molecule has 1 saturated heterocycles. The molecular weight excluding hydrogens is 374 g/mol. The number of fused-ring (bicyclic) bond motifs is 1. The van der Waals surface area contributed by atoms with Crippen LogP contribution in [0.25, 0.3) is 0 Å². The number of carbonyl (C=O) groups excluding carboxylic acids is 3. The van der Waals surface area contributed by atoms with Gasteiger partial charge in [-0.15, -0.1) is 0 Å². The molecule has 8 heteroatoms. The van der Waals surface area contributed by atoms with Crippen LogP contribution in [0.15, 0.2) is 18.2 Å². The number of nitrogens with zero attached hydrogens (tertiary/aromatic N) is 2. The summed E-state index contributed by atoms with van der Waals surface area (Å²) >= 11 is 0. The first-order valence-electron chi connectivity index (χ1n) is 10.2. The Labute approximate surface area is 170 Å². The number of carbonyl (C=O) groups is 3. The Hall–Kier alpha value is -2.77. The second-order valence-corrected chi connectivity index (χ2v) is 8.17. The predicted molar refractivity (Wildman–Crippen MR) is 105 cm³/mol. The van der Waals surface area contributed by atoms with E-state index in [1.54, 1.807) is 7.05 Å². The lowest BCUT2D eigenvalue weighted by molar-refractivity contribution is -0.140. The highest BCUT2D eigenvalue weighted by Gasteiger charge is 2.55. The quantitative estimate of drug-likeness (QED) is 0.779. The molecule has 1 saturated carbocycles. The lowest BCUT2D eigenvalue weighted by Gasteiger charge is -2.36. The number of benzene rings is 1. The molecule has 8 nitrogen and oxygen atoms in total. The van der Waals surface area contributed by atoms with Crippen LogP contribution in [-0.4, -0.2) is 60.0 Å². The molecule has 0 bridgehead atoms. The Balaban J connectivity index is 1.41. The Bertz CT molecular complexity index is 842. The van der Waals surface area contributed by atoms with Crippen LogP contribution in [0.2, 0.25) is 0 Å². The third kappa shape index (κ3) is 3.52. The van der Waals surface area contributed by atoms with Crippen molar-refractivity contribution in [2.75, 3.05) is 26.8 Å². The summed E-state index contributed by atoms with van der Waals surface area (Å²) in [7, 11) is 1.66. The second kappa shape index (κ2) is 7.57. The van der Waals surface area contributed by atoms with Crippen LogP contribution < -0.4 is 14.8 Å². The summed E-state index contributed by atoms with van der Waals surface area (Å²) < 4.78 is 11.1. The number of amides is 4. The summed E-state index contributed by atoms with van der Waals surface area (Å²) in [5, 5.41) is 2.88. The number of likely N-dealkylation sites (N-methyl/N-ethyl adjacent to an activating group) is 1. The van der Waals surface area contributed by atoms with Crippen molar-refractivity contribution in [2.45, 2.75) is 44.7 Å². The number of urea groups is 1. The summed E-state index contributed by atoms with van der Waals surface area (Å²) in [6.45, 7) is 3.12. The molecule has 2 atom stereocenters. The minimum Gasteiger partial charge on any atom is -0.486 e. The molecule has 1 aromatic rings. The summed E-state index contributed by atoms with van der Waals surface area (Å²) in [6, 6.07) is 5.09.